The number of amides is 1. The minimum Gasteiger partial charge on any atom is -0.495 e. The van der Waals surface area contributed by atoms with Crippen LogP contribution in [0.15, 0.2) is 42.5 Å². The molecule has 1 atom stereocenters. The van der Waals surface area contributed by atoms with Crippen molar-refractivity contribution < 1.29 is 14.3 Å². The third-order valence-corrected chi connectivity index (χ3v) is 4.47. The molecule has 0 radical (unpaired) electrons. The summed E-state index contributed by atoms with van der Waals surface area (Å²) in [6.45, 7) is 2.87. The highest BCUT2D eigenvalue weighted by Gasteiger charge is 2.19. The van der Waals surface area contributed by atoms with Gasteiger partial charge in [0.15, 0.2) is 0 Å². The maximum Gasteiger partial charge on any atom is 0.241 e. The molecule has 0 aromatic heterocycles. The fourth-order valence-electron chi connectivity index (χ4n) is 2.25. The molecule has 0 saturated carbocycles. The van der Waals surface area contributed by atoms with Crippen molar-refractivity contribution in [3.05, 3.63) is 52.5 Å². The van der Waals surface area contributed by atoms with E-state index in [0.717, 1.165) is 5.75 Å². The van der Waals surface area contributed by atoms with E-state index in [1.807, 2.05) is 31.0 Å². The number of carbonyl (C=O) groups excluding carboxylic acids is 1. The zero-order chi connectivity index (χ0) is 19.1. The average Bonchev–Trinajstić information content (AvgIpc) is 2.62. The van der Waals surface area contributed by atoms with Crippen molar-refractivity contribution in [3.8, 4) is 11.5 Å². The molecule has 0 aliphatic heterocycles. The summed E-state index contributed by atoms with van der Waals surface area (Å²) in [6.07, 6.45) is 0. The molecule has 2 aromatic carbocycles. The van der Waals surface area contributed by atoms with E-state index >= 15 is 0 Å². The van der Waals surface area contributed by atoms with Gasteiger partial charge < -0.3 is 14.8 Å². The Bertz CT molecular complexity index is 738. The molecule has 1 N–H and O–H groups in total. The minimum absolute atomic E-state index is 0.153. The Hall–Kier alpha value is -1.95. The molecule has 0 bridgehead atoms. The SMILES string of the molecule is COc1ccc(Cl)cc1NC(=O)C(C)N(C)CCOc1ccc(Cl)cc1. The van der Waals surface area contributed by atoms with Gasteiger partial charge in [-0.15, -0.1) is 0 Å². The first-order valence-electron chi connectivity index (χ1n) is 8.13. The standard InChI is InChI=1S/C19H22Cl2N2O3/c1-13(19(24)22-17-12-15(21)6-9-18(17)25-3)23(2)10-11-26-16-7-4-14(20)5-8-16/h4-9,12-13H,10-11H2,1-3H3,(H,22,24). The van der Waals surface area contributed by atoms with E-state index in [9.17, 15) is 4.79 Å². The highest BCUT2D eigenvalue weighted by molar-refractivity contribution is 6.31. The number of likely N-dealkylation sites (N-methyl/N-ethyl adjacent to an activating group) is 1. The average molecular weight is 397 g/mol. The Kier molecular flexibility index (Phi) is 7.57. The van der Waals surface area contributed by atoms with Crippen LogP contribution >= 0.6 is 23.2 Å². The van der Waals surface area contributed by atoms with Crippen LogP contribution in [0.1, 0.15) is 6.92 Å². The molecule has 7 heteroatoms. The van der Waals surface area contributed by atoms with E-state index in [4.69, 9.17) is 32.7 Å². The van der Waals surface area contributed by atoms with Crippen LogP contribution in [-0.4, -0.2) is 44.2 Å². The second-order valence-corrected chi connectivity index (χ2v) is 6.67. The number of nitrogens with zero attached hydrogens (tertiary/aromatic N) is 1. The van der Waals surface area contributed by atoms with Crippen molar-refractivity contribution in [3.63, 3.8) is 0 Å². The van der Waals surface area contributed by atoms with Crippen molar-refractivity contribution in [1.29, 1.82) is 0 Å². The fraction of sp³-hybridized carbons (Fsp3) is 0.316. The Balaban J connectivity index is 1.86. The van der Waals surface area contributed by atoms with Crippen molar-refractivity contribution in [1.82, 2.24) is 4.90 Å². The first kappa shape index (κ1) is 20.4. The van der Waals surface area contributed by atoms with Gasteiger partial charge in [0.05, 0.1) is 18.8 Å². The topological polar surface area (TPSA) is 50.8 Å². The van der Waals surface area contributed by atoms with Gasteiger partial charge in [-0.25, -0.2) is 0 Å². The van der Waals surface area contributed by atoms with Gasteiger partial charge in [-0.2, -0.15) is 0 Å². The molecule has 140 valence electrons. The fourth-order valence-corrected chi connectivity index (χ4v) is 2.55. The first-order valence-corrected chi connectivity index (χ1v) is 8.89. The number of anilines is 1. The van der Waals surface area contributed by atoms with E-state index in [2.05, 4.69) is 5.32 Å². The number of methoxy groups -OCH3 is 1. The van der Waals surface area contributed by atoms with Gasteiger partial charge in [-0.05, 0) is 56.4 Å². The maximum absolute atomic E-state index is 12.5. The number of hydrogen-bond donors (Lipinski definition) is 1. The summed E-state index contributed by atoms with van der Waals surface area (Å²) in [4.78, 5) is 14.4. The molecule has 0 spiro atoms. The summed E-state index contributed by atoms with van der Waals surface area (Å²) in [5, 5.41) is 4.04. The molecule has 0 aliphatic rings. The largest absolute Gasteiger partial charge is 0.495 e. The summed E-state index contributed by atoms with van der Waals surface area (Å²) in [7, 11) is 3.41. The number of ether oxygens (including phenoxy) is 2. The van der Waals surface area contributed by atoms with Gasteiger partial charge in [0.2, 0.25) is 5.91 Å². The number of hydrogen-bond acceptors (Lipinski definition) is 4. The molecule has 1 unspecified atom stereocenters. The Morgan fingerprint density at radius 2 is 1.81 bits per heavy atom. The molecule has 26 heavy (non-hydrogen) atoms. The molecule has 2 aromatic rings. The summed E-state index contributed by atoms with van der Waals surface area (Å²) < 4.78 is 10.9. The molecule has 5 nitrogen and oxygen atoms in total. The van der Waals surface area contributed by atoms with Crippen LogP contribution in [0.4, 0.5) is 5.69 Å². The molecule has 0 fully saturated rings. The summed E-state index contributed by atoms with van der Waals surface area (Å²) in [5.41, 5.74) is 0.544. The van der Waals surface area contributed by atoms with Gasteiger partial charge in [0.25, 0.3) is 0 Å². The van der Waals surface area contributed by atoms with Crippen LogP contribution in [0.25, 0.3) is 0 Å². The van der Waals surface area contributed by atoms with E-state index in [1.165, 1.54) is 0 Å². The maximum atomic E-state index is 12.5. The van der Waals surface area contributed by atoms with E-state index in [0.29, 0.717) is 34.6 Å². The van der Waals surface area contributed by atoms with Crippen molar-refractivity contribution >= 4 is 34.8 Å². The quantitative estimate of drug-likeness (QED) is 0.720. The second-order valence-electron chi connectivity index (χ2n) is 5.79. The van der Waals surface area contributed by atoms with Crippen LogP contribution in [0.5, 0.6) is 11.5 Å². The van der Waals surface area contributed by atoms with Crippen LogP contribution in [0.2, 0.25) is 10.0 Å². The Morgan fingerprint density at radius 3 is 2.46 bits per heavy atom. The lowest BCUT2D eigenvalue weighted by Crippen LogP contribution is -2.41. The zero-order valence-corrected chi connectivity index (χ0v) is 16.5. The molecule has 0 saturated heterocycles. The van der Waals surface area contributed by atoms with Crippen LogP contribution < -0.4 is 14.8 Å². The molecular weight excluding hydrogens is 375 g/mol. The molecule has 0 aliphatic carbocycles. The Morgan fingerprint density at radius 1 is 1.15 bits per heavy atom. The second kappa shape index (κ2) is 9.67. The zero-order valence-electron chi connectivity index (χ0n) is 15.0. The van der Waals surface area contributed by atoms with Crippen LogP contribution in [0, 0.1) is 0 Å². The van der Waals surface area contributed by atoms with Crippen LogP contribution in [-0.2, 0) is 4.79 Å². The molecular formula is C19H22Cl2N2O3. The number of rotatable bonds is 8. The molecule has 0 heterocycles. The van der Waals surface area contributed by atoms with E-state index in [-0.39, 0.29) is 11.9 Å². The van der Waals surface area contributed by atoms with E-state index in [1.54, 1.807) is 37.4 Å². The van der Waals surface area contributed by atoms with Gasteiger partial charge in [-0.1, -0.05) is 23.2 Å². The highest BCUT2D eigenvalue weighted by Crippen LogP contribution is 2.27. The van der Waals surface area contributed by atoms with Crippen molar-refractivity contribution in [2.24, 2.45) is 0 Å². The van der Waals surface area contributed by atoms with Gasteiger partial charge in [0, 0.05) is 16.6 Å². The normalized spacial score (nSPS) is 11.9. The lowest BCUT2D eigenvalue weighted by Gasteiger charge is -2.24. The lowest BCUT2D eigenvalue weighted by molar-refractivity contribution is -0.120. The predicted octanol–water partition coefficient (Wildman–Crippen LogP) is 4.34. The smallest absolute Gasteiger partial charge is 0.241 e. The van der Waals surface area contributed by atoms with Crippen molar-refractivity contribution in [2.75, 3.05) is 32.6 Å². The lowest BCUT2D eigenvalue weighted by atomic mass is 10.2. The monoisotopic (exact) mass is 396 g/mol. The molecule has 2 rings (SSSR count). The third-order valence-electron chi connectivity index (χ3n) is 3.99. The number of benzene rings is 2. The van der Waals surface area contributed by atoms with Crippen LogP contribution in [0.3, 0.4) is 0 Å². The summed E-state index contributed by atoms with van der Waals surface area (Å²) >= 11 is 11.8. The Labute approximate surface area is 163 Å². The van der Waals surface area contributed by atoms with Gasteiger partial charge >= 0.3 is 0 Å². The molecule has 1 amide bonds. The van der Waals surface area contributed by atoms with Gasteiger partial charge in [-0.3, -0.25) is 9.69 Å². The number of halogens is 2. The van der Waals surface area contributed by atoms with Gasteiger partial charge in [0.1, 0.15) is 18.1 Å². The number of nitrogens with one attached hydrogen (secondary N) is 1. The summed E-state index contributed by atoms with van der Waals surface area (Å²) in [5.74, 6) is 1.15. The summed E-state index contributed by atoms with van der Waals surface area (Å²) in [6, 6.07) is 11.9. The predicted molar refractivity (Wildman–Crippen MR) is 106 cm³/mol. The van der Waals surface area contributed by atoms with Crippen molar-refractivity contribution in [2.45, 2.75) is 13.0 Å². The minimum atomic E-state index is -0.354. The van der Waals surface area contributed by atoms with E-state index < -0.39 is 0 Å². The highest BCUT2D eigenvalue weighted by atomic mass is 35.5. The first-order chi connectivity index (χ1) is 12.4. The third kappa shape index (κ3) is 5.80. The number of carbonyl (C=O) groups is 1.